The molecule has 2 aromatic rings. The van der Waals surface area contributed by atoms with Crippen molar-refractivity contribution in [2.45, 2.75) is 63.5 Å². The van der Waals surface area contributed by atoms with Gasteiger partial charge in [-0.2, -0.15) is 0 Å². The van der Waals surface area contributed by atoms with Crippen LogP contribution in [0.15, 0.2) is 42.5 Å². The number of amides is 4. The Labute approximate surface area is 299 Å². The van der Waals surface area contributed by atoms with Gasteiger partial charge in [-0.15, -0.1) is 8.61 Å². The average molecular weight is 707 g/mol. The second kappa shape index (κ2) is 16.3. The summed E-state index contributed by atoms with van der Waals surface area (Å²) >= 11 is -1.10. The molecular formula is C36H51BN6O6S. The smallest absolute Gasteiger partial charge is 0.410 e. The summed E-state index contributed by atoms with van der Waals surface area (Å²) in [6, 6.07) is 13.0. The molecule has 3 saturated heterocycles. The Morgan fingerprint density at radius 2 is 1.60 bits per heavy atom. The summed E-state index contributed by atoms with van der Waals surface area (Å²) in [6.07, 6.45) is 4.56. The second-order valence-corrected chi connectivity index (χ2v) is 16.1. The molecule has 12 nitrogen and oxygen atoms in total. The van der Waals surface area contributed by atoms with Crippen molar-refractivity contribution in [3.63, 3.8) is 0 Å². The lowest BCUT2D eigenvalue weighted by Crippen LogP contribution is -2.52. The molecule has 3 fully saturated rings. The van der Waals surface area contributed by atoms with Gasteiger partial charge in [0.05, 0.1) is 0 Å². The number of hydrogen-bond donors (Lipinski definition) is 2. The highest BCUT2D eigenvalue weighted by Gasteiger charge is 2.38. The lowest BCUT2D eigenvalue weighted by atomic mass is 9.79. The Bertz CT molecular complexity index is 1510. The van der Waals surface area contributed by atoms with Crippen molar-refractivity contribution in [3.8, 4) is 5.75 Å². The normalized spacial score (nSPS) is 21.4. The van der Waals surface area contributed by atoms with Crippen LogP contribution in [0.2, 0.25) is 0 Å². The third kappa shape index (κ3) is 8.52. The highest BCUT2D eigenvalue weighted by Crippen LogP contribution is 2.34. The maximum atomic E-state index is 14.0. The van der Waals surface area contributed by atoms with Crippen molar-refractivity contribution in [3.05, 3.63) is 53.6 Å². The Morgan fingerprint density at radius 3 is 2.26 bits per heavy atom. The molecular weight excluding hydrogens is 655 g/mol. The van der Waals surface area contributed by atoms with Crippen molar-refractivity contribution in [2.75, 3.05) is 65.2 Å². The molecule has 0 spiro atoms. The van der Waals surface area contributed by atoms with Crippen LogP contribution >= 0.6 is 0 Å². The number of carbonyl (C=O) groups excluding carboxylic acids is 3. The number of nitrogens with zero attached hydrogens (tertiary/aromatic N) is 5. The molecule has 0 bridgehead atoms. The van der Waals surface area contributed by atoms with Crippen molar-refractivity contribution in [1.82, 2.24) is 23.3 Å². The summed E-state index contributed by atoms with van der Waals surface area (Å²) in [5.41, 5.74) is 3.48. The summed E-state index contributed by atoms with van der Waals surface area (Å²) in [4.78, 5) is 46.1. The molecule has 50 heavy (non-hydrogen) atoms. The predicted octanol–water partition coefficient (Wildman–Crippen LogP) is 2.34. The molecule has 4 aliphatic rings. The standard InChI is InChI=1S/C36H51BN6O6S/c1-39(2)50(48)42-20-11-27(12-21-42)26-9-16-40(17-10-26)34(45)33(24-25-7-8-32(44)30(37)23-25)49-36(47)41-18-14-29(15-19-41)43-22-13-28-5-3-4-6-31(28)38-35(43)46/h3-8,23,26-27,29,33,44H,9-22,24,37H2,1-2H3,(H,38,46)/t33-,50?/m1/s1. The van der Waals surface area contributed by atoms with Gasteiger partial charge >= 0.3 is 12.1 Å². The quantitative estimate of drug-likeness (QED) is 0.316. The summed E-state index contributed by atoms with van der Waals surface area (Å²) < 4.78 is 22.3. The first-order valence-corrected chi connectivity index (χ1v) is 19.2. The number of piperidine rings is 3. The average Bonchev–Trinajstić information content (AvgIpc) is 3.30. The summed E-state index contributed by atoms with van der Waals surface area (Å²) in [7, 11) is 5.48. The molecule has 1 unspecified atom stereocenters. The molecule has 6 rings (SSSR count). The Hall–Kier alpha value is -3.46. The Balaban J connectivity index is 1.04. The van der Waals surface area contributed by atoms with Crippen LogP contribution in [0.4, 0.5) is 15.3 Å². The lowest BCUT2D eigenvalue weighted by molar-refractivity contribution is -0.142. The van der Waals surface area contributed by atoms with E-state index in [2.05, 4.69) is 5.32 Å². The number of benzene rings is 2. The Kier molecular flexibility index (Phi) is 11.8. The first kappa shape index (κ1) is 36.3. The predicted molar refractivity (Wildman–Crippen MR) is 196 cm³/mol. The van der Waals surface area contributed by atoms with Gasteiger partial charge in [-0.1, -0.05) is 30.3 Å². The molecule has 2 aromatic carbocycles. The minimum atomic E-state index is -1.10. The molecule has 0 aliphatic carbocycles. The fourth-order valence-electron chi connectivity index (χ4n) is 8.06. The number of aromatic hydroxyl groups is 1. The van der Waals surface area contributed by atoms with Crippen molar-refractivity contribution >= 4 is 48.6 Å². The summed E-state index contributed by atoms with van der Waals surface area (Å²) in [5, 5.41) is 13.1. The second-order valence-electron chi connectivity index (χ2n) is 14.4. The number of ether oxygens (including phenoxy) is 1. The monoisotopic (exact) mass is 706 g/mol. The number of hydrogen-bond acceptors (Lipinski definition) is 8. The first-order chi connectivity index (χ1) is 24.1. The van der Waals surface area contributed by atoms with Crippen molar-refractivity contribution in [1.29, 1.82) is 0 Å². The molecule has 0 aromatic heterocycles. The topological polar surface area (TPSA) is 132 Å². The third-order valence-corrected chi connectivity index (χ3v) is 12.5. The zero-order chi connectivity index (χ0) is 35.4. The van der Waals surface area contributed by atoms with Crippen LogP contribution in [0.25, 0.3) is 0 Å². The van der Waals surface area contributed by atoms with E-state index in [-0.39, 0.29) is 30.2 Å². The van der Waals surface area contributed by atoms with Crippen molar-refractivity contribution < 1.29 is 28.8 Å². The number of likely N-dealkylation sites (tertiary alicyclic amines) is 2. The van der Waals surface area contributed by atoms with Crippen LogP contribution < -0.4 is 10.8 Å². The van der Waals surface area contributed by atoms with Gasteiger partial charge in [0.25, 0.3) is 5.91 Å². The third-order valence-electron chi connectivity index (χ3n) is 11.1. The number of phenols is 1. The van der Waals surface area contributed by atoms with Gasteiger partial charge in [-0.25, -0.2) is 9.59 Å². The minimum absolute atomic E-state index is 0.00873. The fourth-order valence-corrected chi connectivity index (χ4v) is 9.05. The van der Waals surface area contributed by atoms with Crippen LogP contribution in [0.3, 0.4) is 0 Å². The summed E-state index contributed by atoms with van der Waals surface area (Å²) in [5.74, 6) is 1.06. The molecule has 2 N–H and O–H groups in total. The largest absolute Gasteiger partial charge is 0.578 e. The van der Waals surface area contributed by atoms with Gasteiger partial charge in [0.2, 0.25) is 0 Å². The zero-order valence-corrected chi connectivity index (χ0v) is 30.4. The molecule has 14 heteroatoms. The van der Waals surface area contributed by atoms with E-state index >= 15 is 0 Å². The van der Waals surface area contributed by atoms with Crippen LogP contribution in [0.5, 0.6) is 5.75 Å². The highest BCUT2D eigenvalue weighted by atomic mass is 32.2. The molecule has 2 atom stereocenters. The lowest BCUT2D eigenvalue weighted by Gasteiger charge is -2.41. The Morgan fingerprint density at radius 1 is 0.960 bits per heavy atom. The van der Waals surface area contributed by atoms with E-state index in [4.69, 9.17) is 4.74 Å². The van der Waals surface area contributed by atoms with Crippen LogP contribution in [0, 0.1) is 11.8 Å². The SMILES string of the molecule is Bc1cc(C[C@@H](OC(=O)N2CCC(N3CCc4ccccc4NC3=O)CC2)C(=O)N2CCC(C3CCN([S+]([O-])N(C)C)CC3)CC2)ccc1O. The fraction of sp³-hybridized carbons (Fsp3) is 0.583. The number of phenolic OH excluding ortho intramolecular Hbond substituents is 1. The van der Waals surface area contributed by atoms with Gasteiger partial charge in [0.1, 0.15) is 25.1 Å². The number of nitrogens with one attached hydrogen (secondary N) is 1. The number of para-hydroxylation sites is 1. The highest BCUT2D eigenvalue weighted by molar-refractivity contribution is 7.86. The maximum Gasteiger partial charge on any atom is 0.410 e. The molecule has 0 radical (unpaired) electrons. The number of fused-ring (bicyclic) bond motifs is 1. The number of anilines is 1. The van der Waals surface area contributed by atoms with Gasteiger partial charge in [-0.05, 0) is 85.5 Å². The molecule has 4 heterocycles. The van der Waals surface area contributed by atoms with Gasteiger partial charge in [0.15, 0.2) is 6.10 Å². The number of urea groups is 1. The molecule has 4 aliphatic heterocycles. The van der Waals surface area contributed by atoms with E-state index in [9.17, 15) is 24.0 Å². The van der Waals surface area contributed by atoms with Crippen LogP contribution in [-0.4, -0.2) is 131 Å². The van der Waals surface area contributed by atoms with E-state index in [1.165, 1.54) is 0 Å². The minimum Gasteiger partial charge on any atom is -0.578 e. The van der Waals surface area contributed by atoms with Gasteiger partial charge in [0, 0.05) is 78.1 Å². The van der Waals surface area contributed by atoms with Crippen LogP contribution in [0.1, 0.15) is 49.7 Å². The van der Waals surface area contributed by atoms with Gasteiger partial charge in [-0.3, -0.25) is 4.79 Å². The maximum absolute atomic E-state index is 14.0. The van der Waals surface area contributed by atoms with E-state index in [1.807, 2.05) is 66.4 Å². The van der Waals surface area contributed by atoms with E-state index in [0.29, 0.717) is 62.9 Å². The first-order valence-electron chi connectivity index (χ1n) is 18.1. The molecule has 0 saturated carbocycles. The summed E-state index contributed by atoms with van der Waals surface area (Å²) in [6.45, 7) is 4.35. The van der Waals surface area contributed by atoms with Crippen molar-refractivity contribution in [2.24, 2.45) is 11.8 Å². The molecule has 270 valence electrons. The van der Waals surface area contributed by atoms with E-state index in [0.717, 1.165) is 62.0 Å². The van der Waals surface area contributed by atoms with Gasteiger partial charge < -0.3 is 34.4 Å². The molecule has 4 amide bonds. The number of carbonyl (C=O) groups is 3. The van der Waals surface area contributed by atoms with E-state index < -0.39 is 23.7 Å². The van der Waals surface area contributed by atoms with E-state index in [1.54, 1.807) is 21.3 Å². The van der Waals surface area contributed by atoms with Crippen LogP contribution in [-0.2, 0) is 33.9 Å². The zero-order valence-electron chi connectivity index (χ0n) is 29.6. The number of rotatable bonds is 8.